The van der Waals surface area contributed by atoms with Gasteiger partial charge in [-0.05, 0) is 29.7 Å². The smallest absolute Gasteiger partial charge is 0.159 e. The van der Waals surface area contributed by atoms with Gasteiger partial charge in [-0.25, -0.2) is 0 Å². The third-order valence-electron chi connectivity index (χ3n) is 2.73. The van der Waals surface area contributed by atoms with Crippen molar-refractivity contribution in [2.45, 2.75) is 40.0 Å². The van der Waals surface area contributed by atoms with Crippen LogP contribution in [0.3, 0.4) is 0 Å². The number of hydrogen-bond acceptors (Lipinski definition) is 2. The number of aliphatic hydroxyl groups is 1. The first kappa shape index (κ1) is 11.4. The topological polar surface area (TPSA) is 37.3 Å². The fraction of sp³-hybridized carbons (Fsp3) is 0.750. The Hall–Kier alpha value is -0.630. The molecule has 0 fully saturated rings. The summed E-state index contributed by atoms with van der Waals surface area (Å²) in [4.78, 5) is 11.6. The van der Waals surface area contributed by atoms with Crippen LogP contribution in [0.1, 0.15) is 40.0 Å². The van der Waals surface area contributed by atoms with Crippen LogP contribution in [0.2, 0.25) is 0 Å². The second-order valence-electron chi connectivity index (χ2n) is 5.08. The first-order chi connectivity index (χ1) is 6.44. The molecule has 0 aliphatic heterocycles. The molecule has 80 valence electrons. The monoisotopic (exact) mass is 196 g/mol. The van der Waals surface area contributed by atoms with Gasteiger partial charge < -0.3 is 5.11 Å². The highest BCUT2D eigenvalue weighted by molar-refractivity contribution is 5.98. The molecule has 0 aromatic rings. The predicted molar refractivity (Wildman–Crippen MR) is 57.0 cm³/mol. The quantitative estimate of drug-likeness (QED) is 0.749. The molecule has 2 heteroatoms. The molecule has 1 rings (SSSR count). The van der Waals surface area contributed by atoms with E-state index < -0.39 is 0 Å². The highest BCUT2D eigenvalue weighted by Gasteiger charge is 2.30. The van der Waals surface area contributed by atoms with E-state index in [0.29, 0.717) is 18.1 Å². The Labute approximate surface area is 86.0 Å². The number of Topliss-reactive ketones (excluding diaryl/α,β-unsaturated/α-hetero) is 1. The molecule has 1 aliphatic rings. The number of carbonyl (C=O) groups is 1. The largest absolute Gasteiger partial charge is 0.396 e. The molecule has 1 N–H and O–H groups in total. The van der Waals surface area contributed by atoms with Crippen LogP contribution in [-0.4, -0.2) is 17.5 Å². The second-order valence-corrected chi connectivity index (χ2v) is 5.08. The first-order valence-corrected chi connectivity index (χ1v) is 5.30. The van der Waals surface area contributed by atoms with E-state index in [1.807, 2.05) is 0 Å². The number of aliphatic hydroxyl groups excluding tert-OH is 1. The van der Waals surface area contributed by atoms with Gasteiger partial charge in [-0.3, -0.25) is 4.79 Å². The number of rotatable bonds is 4. The Morgan fingerprint density at radius 2 is 2.21 bits per heavy atom. The van der Waals surface area contributed by atoms with Gasteiger partial charge in [0.1, 0.15) is 0 Å². The lowest BCUT2D eigenvalue weighted by molar-refractivity contribution is -0.116. The molecular formula is C12H20O2. The van der Waals surface area contributed by atoms with Crippen molar-refractivity contribution in [3.63, 3.8) is 0 Å². The lowest BCUT2D eigenvalue weighted by atomic mass is 9.93. The third-order valence-corrected chi connectivity index (χ3v) is 2.73. The van der Waals surface area contributed by atoms with Gasteiger partial charge >= 0.3 is 0 Å². The minimum Gasteiger partial charge on any atom is -0.396 e. The van der Waals surface area contributed by atoms with Gasteiger partial charge in [0.15, 0.2) is 5.78 Å². The summed E-state index contributed by atoms with van der Waals surface area (Å²) in [5.41, 5.74) is 1.02. The lowest BCUT2D eigenvalue weighted by Crippen LogP contribution is -2.06. The molecule has 0 aromatic heterocycles. The van der Waals surface area contributed by atoms with E-state index in [1.165, 1.54) is 0 Å². The Bertz CT molecular complexity index is 251. The van der Waals surface area contributed by atoms with Crippen molar-refractivity contribution >= 4 is 5.78 Å². The molecule has 1 aliphatic carbocycles. The van der Waals surface area contributed by atoms with Crippen LogP contribution in [0.4, 0.5) is 0 Å². The standard InChI is InChI=1S/C12H20O2/c1-9(4-5-13)6-10-7-12(2,3)8-11(10)14/h7,9,13H,4-6,8H2,1-3H3/t9-/m1/s1. The molecular weight excluding hydrogens is 176 g/mol. The van der Waals surface area contributed by atoms with Crippen molar-refractivity contribution in [2.24, 2.45) is 11.3 Å². The maximum Gasteiger partial charge on any atom is 0.159 e. The normalized spacial score (nSPS) is 22.3. The molecule has 1 atom stereocenters. The van der Waals surface area contributed by atoms with Gasteiger partial charge in [-0.2, -0.15) is 0 Å². The molecule has 0 aromatic carbocycles. The second kappa shape index (κ2) is 4.26. The minimum absolute atomic E-state index is 0.0470. The molecule has 0 unspecified atom stereocenters. The summed E-state index contributed by atoms with van der Waals surface area (Å²) < 4.78 is 0. The summed E-state index contributed by atoms with van der Waals surface area (Å²) in [5.74, 6) is 0.698. The summed E-state index contributed by atoms with van der Waals surface area (Å²) in [6.07, 6.45) is 4.35. The highest BCUT2D eigenvalue weighted by Crippen LogP contribution is 2.35. The molecule has 2 nitrogen and oxygen atoms in total. The first-order valence-electron chi connectivity index (χ1n) is 5.30. The maximum absolute atomic E-state index is 11.6. The Morgan fingerprint density at radius 1 is 1.57 bits per heavy atom. The molecule has 0 bridgehead atoms. The Balaban J connectivity index is 2.57. The van der Waals surface area contributed by atoms with Gasteiger partial charge in [0.25, 0.3) is 0 Å². The van der Waals surface area contributed by atoms with Gasteiger partial charge in [-0.1, -0.05) is 26.8 Å². The van der Waals surface area contributed by atoms with Crippen LogP contribution in [-0.2, 0) is 4.79 Å². The van der Waals surface area contributed by atoms with E-state index in [0.717, 1.165) is 18.4 Å². The van der Waals surface area contributed by atoms with Crippen LogP contribution in [0.5, 0.6) is 0 Å². The van der Waals surface area contributed by atoms with E-state index in [1.54, 1.807) is 0 Å². The number of hydrogen-bond donors (Lipinski definition) is 1. The van der Waals surface area contributed by atoms with Gasteiger partial charge in [0.2, 0.25) is 0 Å². The van der Waals surface area contributed by atoms with Gasteiger partial charge in [-0.15, -0.1) is 0 Å². The van der Waals surface area contributed by atoms with Crippen molar-refractivity contribution in [3.05, 3.63) is 11.6 Å². The van der Waals surface area contributed by atoms with Crippen LogP contribution in [0, 0.1) is 11.3 Å². The van der Waals surface area contributed by atoms with Crippen molar-refractivity contribution in [1.29, 1.82) is 0 Å². The van der Waals surface area contributed by atoms with Crippen LogP contribution in [0.15, 0.2) is 11.6 Å². The molecule has 0 saturated carbocycles. The lowest BCUT2D eigenvalue weighted by Gasteiger charge is -2.10. The number of carbonyl (C=O) groups excluding carboxylic acids is 1. The van der Waals surface area contributed by atoms with E-state index in [-0.39, 0.29) is 12.0 Å². The molecule has 14 heavy (non-hydrogen) atoms. The zero-order valence-electron chi connectivity index (χ0n) is 9.34. The molecule has 0 heterocycles. The minimum atomic E-state index is 0.0470. The summed E-state index contributed by atoms with van der Waals surface area (Å²) in [5, 5.41) is 8.77. The van der Waals surface area contributed by atoms with Crippen molar-refractivity contribution in [3.8, 4) is 0 Å². The third kappa shape index (κ3) is 2.95. The summed E-state index contributed by atoms with van der Waals surface area (Å²) >= 11 is 0. The van der Waals surface area contributed by atoms with E-state index >= 15 is 0 Å². The Morgan fingerprint density at radius 3 is 2.64 bits per heavy atom. The average molecular weight is 196 g/mol. The predicted octanol–water partition coefficient (Wildman–Crippen LogP) is 2.32. The van der Waals surface area contributed by atoms with Gasteiger partial charge in [0.05, 0.1) is 0 Å². The van der Waals surface area contributed by atoms with Crippen molar-refractivity contribution in [1.82, 2.24) is 0 Å². The van der Waals surface area contributed by atoms with Crippen molar-refractivity contribution < 1.29 is 9.90 Å². The fourth-order valence-corrected chi connectivity index (χ4v) is 2.00. The average Bonchev–Trinajstić information content (AvgIpc) is 2.25. The molecule has 0 radical (unpaired) electrons. The zero-order valence-corrected chi connectivity index (χ0v) is 9.34. The SMILES string of the molecule is C[C@H](CCO)CC1=CC(C)(C)CC1=O. The summed E-state index contributed by atoms with van der Waals surface area (Å²) in [6, 6.07) is 0. The van der Waals surface area contributed by atoms with E-state index in [2.05, 4.69) is 26.8 Å². The van der Waals surface area contributed by atoms with E-state index in [4.69, 9.17) is 5.11 Å². The fourth-order valence-electron chi connectivity index (χ4n) is 2.00. The van der Waals surface area contributed by atoms with E-state index in [9.17, 15) is 4.79 Å². The Kier molecular flexibility index (Phi) is 3.48. The highest BCUT2D eigenvalue weighted by atomic mass is 16.3. The van der Waals surface area contributed by atoms with Crippen LogP contribution in [0.25, 0.3) is 0 Å². The van der Waals surface area contributed by atoms with Crippen LogP contribution >= 0.6 is 0 Å². The zero-order chi connectivity index (χ0) is 10.8. The molecule has 0 amide bonds. The molecule has 0 saturated heterocycles. The molecule has 0 spiro atoms. The van der Waals surface area contributed by atoms with Crippen LogP contribution < -0.4 is 0 Å². The van der Waals surface area contributed by atoms with Gasteiger partial charge in [0, 0.05) is 13.0 Å². The summed E-state index contributed by atoms with van der Waals surface area (Å²) in [6.45, 7) is 6.48. The number of ketones is 1. The maximum atomic E-state index is 11.6. The van der Waals surface area contributed by atoms with Crippen molar-refractivity contribution in [2.75, 3.05) is 6.61 Å². The number of allylic oxidation sites excluding steroid dienone is 2. The summed E-state index contributed by atoms with van der Waals surface area (Å²) in [7, 11) is 0.